The number of aliphatic hydroxyl groups is 3. The molecule has 0 radical (unpaired) electrons. The molecule has 0 aromatic carbocycles. The zero-order chi connectivity index (χ0) is 12.3. The van der Waals surface area contributed by atoms with Crippen LogP contribution in [-0.2, 0) is 9.53 Å². The molecule has 0 spiro atoms. The highest BCUT2D eigenvalue weighted by Crippen LogP contribution is 2.31. The van der Waals surface area contributed by atoms with Gasteiger partial charge in [-0.2, -0.15) is 0 Å². The first-order valence-corrected chi connectivity index (χ1v) is 4.95. The number of aliphatic hydroxyl groups excluding tert-OH is 2. The van der Waals surface area contributed by atoms with Gasteiger partial charge in [-0.15, -0.1) is 6.58 Å². The summed E-state index contributed by atoms with van der Waals surface area (Å²) >= 11 is 0. The van der Waals surface area contributed by atoms with Crippen molar-refractivity contribution in [1.82, 2.24) is 0 Å². The van der Waals surface area contributed by atoms with Crippen molar-refractivity contribution in [2.24, 2.45) is 0 Å². The first-order valence-electron chi connectivity index (χ1n) is 4.95. The topological polar surface area (TPSA) is 107 Å². The van der Waals surface area contributed by atoms with Gasteiger partial charge in [-0.05, 0) is 0 Å². The Morgan fingerprint density at radius 3 is 2.62 bits per heavy atom. The lowest BCUT2D eigenvalue weighted by molar-refractivity contribution is -0.192. The van der Waals surface area contributed by atoms with Gasteiger partial charge in [-0.1, -0.05) is 6.08 Å². The molecule has 6 nitrogen and oxygen atoms in total. The van der Waals surface area contributed by atoms with Crippen LogP contribution in [0.25, 0.3) is 0 Å². The van der Waals surface area contributed by atoms with Gasteiger partial charge in [-0.3, -0.25) is 0 Å². The molecule has 0 amide bonds. The highest BCUT2D eigenvalue weighted by molar-refractivity contribution is 5.77. The van der Waals surface area contributed by atoms with Crippen molar-refractivity contribution in [2.45, 2.75) is 36.8 Å². The maximum absolute atomic E-state index is 10.8. The van der Waals surface area contributed by atoms with Crippen LogP contribution in [0.1, 0.15) is 12.8 Å². The van der Waals surface area contributed by atoms with E-state index in [4.69, 9.17) is 9.84 Å². The molecule has 4 atom stereocenters. The maximum Gasteiger partial charge on any atom is 0.335 e. The van der Waals surface area contributed by atoms with Gasteiger partial charge < -0.3 is 25.2 Å². The van der Waals surface area contributed by atoms with Gasteiger partial charge >= 0.3 is 5.97 Å². The van der Waals surface area contributed by atoms with E-state index < -0.39 is 36.3 Å². The van der Waals surface area contributed by atoms with Gasteiger partial charge in [0.25, 0.3) is 0 Å². The SMILES string of the molecule is C=CCO[C@@H]1C[C@@](O)(C(=O)O)C[C@@H](O)[C@@H]1O. The van der Waals surface area contributed by atoms with Crippen molar-refractivity contribution >= 4 is 5.97 Å². The molecule has 1 aliphatic rings. The summed E-state index contributed by atoms with van der Waals surface area (Å²) in [5, 5.41) is 37.6. The lowest BCUT2D eigenvalue weighted by Gasteiger charge is -2.39. The lowest BCUT2D eigenvalue weighted by atomic mass is 9.79. The fraction of sp³-hybridized carbons (Fsp3) is 0.700. The van der Waals surface area contributed by atoms with Gasteiger partial charge in [0, 0.05) is 12.8 Å². The van der Waals surface area contributed by atoms with E-state index in [0.29, 0.717) is 0 Å². The summed E-state index contributed by atoms with van der Waals surface area (Å²) in [6, 6.07) is 0. The molecule has 1 rings (SSSR count). The third kappa shape index (κ3) is 2.59. The summed E-state index contributed by atoms with van der Waals surface area (Å²) < 4.78 is 5.11. The quantitative estimate of drug-likeness (QED) is 0.458. The Labute approximate surface area is 92.8 Å². The van der Waals surface area contributed by atoms with E-state index in [1.165, 1.54) is 6.08 Å². The fourth-order valence-electron chi connectivity index (χ4n) is 1.78. The average molecular weight is 232 g/mol. The molecule has 0 heterocycles. The molecule has 1 aliphatic carbocycles. The van der Waals surface area contributed by atoms with E-state index in [2.05, 4.69) is 6.58 Å². The Balaban J connectivity index is 2.76. The second-order valence-electron chi connectivity index (χ2n) is 3.96. The highest BCUT2D eigenvalue weighted by Gasteiger charge is 2.49. The fourth-order valence-corrected chi connectivity index (χ4v) is 1.78. The first-order chi connectivity index (χ1) is 7.40. The number of ether oxygens (including phenoxy) is 1. The first kappa shape index (κ1) is 13.1. The van der Waals surface area contributed by atoms with Crippen LogP contribution in [0.5, 0.6) is 0 Å². The van der Waals surface area contributed by atoms with Gasteiger partial charge in [0.05, 0.1) is 18.8 Å². The van der Waals surface area contributed by atoms with Crippen molar-refractivity contribution in [2.75, 3.05) is 6.61 Å². The molecule has 16 heavy (non-hydrogen) atoms. The third-order valence-electron chi connectivity index (χ3n) is 2.69. The number of carboxylic acids is 1. The molecule has 0 aromatic heterocycles. The van der Waals surface area contributed by atoms with Crippen LogP contribution in [-0.4, -0.2) is 56.9 Å². The van der Waals surface area contributed by atoms with Crippen molar-refractivity contribution in [3.05, 3.63) is 12.7 Å². The Bertz CT molecular complexity index is 278. The lowest BCUT2D eigenvalue weighted by Crippen LogP contribution is -2.56. The van der Waals surface area contributed by atoms with E-state index >= 15 is 0 Å². The zero-order valence-electron chi connectivity index (χ0n) is 8.74. The minimum atomic E-state index is -2.05. The molecule has 92 valence electrons. The molecule has 0 unspecified atom stereocenters. The van der Waals surface area contributed by atoms with E-state index in [9.17, 15) is 20.1 Å². The van der Waals surface area contributed by atoms with Crippen molar-refractivity contribution in [3.8, 4) is 0 Å². The number of rotatable bonds is 4. The Morgan fingerprint density at radius 2 is 2.12 bits per heavy atom. The molecule has 1 saturated carbocycles. The number of carbonyl (C=O) groups is 1. The van der Waals surface area contributed by atoms with Gasteiger partial charge in [-0.25, -0.2) is 4.79 Å². The minimum absolute atomic E-state index is 0.115. The number of hydrogen-bond acceptors (Lipinski definition) is 5. The highest BCUT2D eigenvalue weighted by atomic mass is 16.5. The molecular formula is C10H16O6. The monoisotopic (exact) mass is 232 g/mol. The van der Waals surface area contributed by atoms with Gasteiger partial charge in [0.15, 0.2) is 5.60 Å². The van der Waals surface area contributed by atoms with Crippen LogP contribution in [0, 0.1) is 0 Å². The summed E-state index contributed by atoms with van der Waals surface area (Å²) in [6.07, 6.45) is -2.65. The summed E-state index contributed by atoms with van der Waals surface area (Å²) in [7, 11) is 0. The maximum atomic E-state index is 10.8. The zero-order valence-corrected chi connectivity index (χ0v) is 8.74. The molecule has 6 heteroatoms. The number of carboxylic acid groups (broad SMARTS) is 1. The molecule has 4 N–H and O–H groups in total. The summed E-state index contributed by atoms with van der Waals surface area (Å²) in [4.78, 5) is 10.8. The summed E-state index contributed by atoms with van der Waals surface area (Å²) in [6.45, 7) is 3.53. The van der Waals surface area contributed by atoms with E-state index in [-0.39, 0.29) is 13.0 Å². The van der Waals surface area contributed by atoms with E-state index in [1.54, 1.807) is 0 Å². The smallest absolute Gasteiger partial charge is 0.335 e. The molecule has 0 bridgehead atoms. The van der Waals surface area contributed by atoms with E-state index in [1.807, 2.05) is 0 Å². The second kappa shape index (κ2) is 4.92. The van der Waals surface area contributed by atoms with Crippen LogP contribution >= 0.6 is 0 Å². The minimum Gasteiger partial charge on any atom is -0.479 e. The van der Waals surface area contributed by atoms with Crippen LogP contribution in [0.3, 0.4) is 0 Å². The second-order valence-corrected chi connectivity index (χ2v) is 3.96. The normalized spacial score (nSPS) is 39.3. The predicted octanol–water partition coefficient (Wildman–Crippen LogP) is -1.11. The Hall–Kier alpha value is -0.950. The van der Waals surface area contributed by atoms with Gasteiger partial charge in [0.1, 0.15) is 6.10 Å². The van der Waals surface area contributed by atoms with Gasteiger partial charge in [0.2, 0.25) is 0 Å². The summed E-state index contributed by atoms with van der Waals surface area (Å²) in [5.74, 6) is -1.43. The Kier molecular flexibility index (Phi) is 4.03. The largest absolute Gasteiger partial charge is 0.479 e. The molecular weight excluding hydrogens is 216 g/mol. The van der Waals surface area contributed by atoms with Crippen LogP contribution in [0.4, 0.5) is 0 Å². The number of hydrogen-bond donors (Lipinski definition) is 4. The van der Waals surface area contributed by atoms with Crippen LogP contribution in [0.15, 0.2) is 12.7 Å². The van der Waals surface area contributed by atoms with E-state index in [0.717, 1.165) is 0 Å². The summed E-state index contributed by atoms with van der Waals surface area (Å²) in [5.41, 5.74) is -2.05. The third-order valence-corrected chi connectivity index (χ3v) is 2.69. The van der Waals surface area contributed by atoms with Crippen molar-refractivity contribution in [3.63, 3.8) is 0 Å². The molecule has 1 fully saturated rings. The van der Waals surface area contributed by atoms with Crippen LogP contribution in [0.2, 0.25) is 0 Å². The molecule has 0 saturated heterocycles. The standard InChI is InChI=1S/C10H16O6/c1-2-3-16-7-5-10(15,9(13)14)4-6(11)8(7)12/h2,6-8,11-12,15H,1,3-5H2,(H,13,14)/t6-,7-,8+,10-/m1/s1. The van der Waals surface area contributed by atoms with Crippen molar-refractivity contribution < 1.29 is 30.0 Å². The average Bonchev–Trinajstić information content (AvgIpc) is 2.21. The Morgan fingerprint density at radius 1 is 1.50 bits per heavy atom. The number of aliphatic carboxylic acids is 1. The predicted molar refractivity (Wildman–Crippen MR) is 53.8 cm³/mol. The van der Waals surface area contributed by atoms with Crippen molar-refractivity contribution in [1.29, 1.82) is 0 Å². The molecule has 0 aromatic rings. The van der Waals surface area contributed by atoms with Crippen LogP contribution < -0.4 is 0 Å². The molecule has 0 aliphatic heterocycles.